The zero-order valence-electron chi connectivity index (χ0n) is 63.5. The van der Waals surface area contributed by atoms with Crippen LogP contribution in [0.3, 0.4) is 0 Å². The van der Waals surface area contributed by atoms with E-state index in [0.717, 1.165) is 83.5 Å². The molecule has 0 saturated carbocycles. The number of imidazole rings is 3. The number of methoxy groups -OCH3 is 3. The van der Waals surface area contributed by atoms with Crippen LogP contribution in [-0.4, -0.2) is 304 Å². The average molecular weight is 2060 g/mol. The summed E-state index contributed by atoms with van der Waals surface area (Å²) < 4.78 is 119. The van der Waals surface area contributed by atoms with Gasteiger partial charge in [0.25, 0.3) is 8.25 Å². The molecule has 0 bridgehead atoms. The Hall–Kier alpha value is -3.86. The van der Waals surface area contributed by atoms with E-state index in [0.29, 0.717) is 4.90 Å². The molecule has 3 aliphatic heterocycles. The van der Waals surface area contributed by atoms with Crippen molar-refractivity contribution in [3.8, 4) is 0 Å². The Morgan fingerprint density at radius 2 is 0.967 bits per heavy atom. The largest absolute Gasteiger partial charge is 1.00 e. The normalized spacial score (nSPS) is 16.2. The number of nitrogens with zero attached hydrogens (tertiary/aromatic N) is 10. The number of carbonyl (C=O) groups is 6. The van der Waals surface area contributed by atoms with Crippen LogP contribution in [0.25, 0.3) is 0 Å². The summed E-state index contributed by atoms with van der Waals surface area (Å²) in [5.41, 5.74) is 0. The minimum absolute atomic E-state index is 0. The zero-order valence-corrected chi connectivity index (χ0v) is 78.3. The summed E-state index contributed by atoms with van der Waals surface area (Å²) in [5, 5.41) is 59.6. The van der Waals surface area contributed by atoms with Crippen molar-refractivity contribution >= 4 is 137 Å². The van der Waals surface area contributed by atoms with E-state index in [4.69, 9.17) is 100.0 Å². The van der Waals surface area contributed by atoms with Crippen LogP contribution in [0.4, 0.5) is 0 Å². The summed E-state index contributed by atoms with van der Waals surface area (Å²) in [7, 11) is -45.0. The molecule has 700 valence electrons. The summed E-state index contributed by atoms with van der Waals surface area (Å²) in [6.07, 6.45) is 24.1. The third kappa shape index (κ3) is 49.3. The van der Waals surface area contributed by atoms with Gasteiger partial charge in [0, 0.05) is 24.8 Å². The molecule has 7 atom stereocenters. The van der Waals surface area contributed by atoms with Gasteiger partial charge in [-0.15, -0.1) is 20.8 Å². The Labute approximate surface area is 737 Å². The summed E-state index contributed by atoms with van der Waals surface area (Å²) in [6.45, 7) is 2.05. The van der Waals surface area contributed by atoms with Gasteiger partial charge in [0.05, 0.1) is 47.4 Å². The van der Waals surface area contributed by atoms with Crippen LogP contribution in [0.1, 0.15) is 6.92 Å². The zero-order chi connectivity index (χ0) is 89.8. The molecule has 7 unspecified atom stereocenters. The second-order valence-electron chi connectivity index (χ2n) is 23.9. The SMILES string of the molecule is CC(O)(C[n+]1ccn(CC(O)(P(=O)(O)O)P(=O)(O)O)c1)P(=O)(O)O.COC(=O)CCl.COC(=O)C[N+]1=C[NH+](CC(=O)OC)C=C1.C[Si](C)(C)n1ccnc1.O.O=C(O)C[N+]1=C[NH+](CC(=O)O)C=C1.O=C(O)C[n+]1ccn(CC(O)(P(=O)(O)O)P(=O)(O)O)c1.O=P([O-])(O)C(O)CN1C=CN(CC(O)(P(=O)([O-])[O-])P(=O)([O-])O)C1.O=[P+]([O-])[O-].[Cl-].[Cl-].[Cl-].[Cl-].[Na+].[OH-]. The number of rotatable bonds is 30. The number of β-amino-alcohol motifs (C(OH)–C–C–N with tert-alkyl or cyclic N) is 2. The first-order chi connectivity index (χ1) is 51.2. The molecule has 3 aromatic heterocycles. The topological polar surface area (TPSA) is 945 Å². The molecule has 6 heterocycles. The van der Waals surface area contributed by atoms with Gasteiger partial charge in [0.2, 0.25) is 43.5 Å². The van der Waals surface area contributed by atoms with Gasteiger partial charge in [-0.05, 0) is 14.5 Å². The number of carbonyl (C=O) groups excluding carboxylic acids is 3. The van der Waals surface area contributed by atoms with Crippen LogP contribution < -0.4 is 127 Å². The molecule has 0 aromatic carbocycles. The molecular formula is C47H88Cl5N12NaO46P9Si-3. The number of ether oxygens (including phenoxy) is 3. The number of aromatic nitrogens is 6. The summed E-state index contributed by atoms with van der Waals surface area (Å²) in [5.74, 6) is -6.30. The number of halogens is 5. The number of esters is 3. The van der Waals surface area contributed by atoms with Crippen molar-refractivity contribution in [1.29, 1.82) is 0 Å². The van der Waals surface area contributed by atoms with Crippen LogP contribution >= 0.6 is 80.6 Å². The number of alkyl halides is 1. The molecule has 0 aliphatic carbocycles. The summed E-state index contributed by atoms with van der Waals surface area (Å²) in [4.78, 5) is 238. The van der Waals surface area contributed by atoms with Gasteiger partial charge in [0.15, 0.2) is 60.5 Å². The van der Waals surface area contributed by atoms with E-state index in [1.807, 2.05) is 18.7 Å². The summed E-state index contributed by atoms with van der Waals surface area (Å²) in [6, 6.07) is 0. The molecular weight excluding hydrogens is 1980 g/mol. The maximum atomic E-state index is 11.3. The number of aliphatic carboxylic acids is 3. The van der Waals surface area contributed by atoms with Crippen LogP contribution in [-0.2, 0) is 110 Å². The van der Waals surface area contributed by atoms with Gasteiger partial charge in [-0.2, -0.15) is 0 Å². The molecule has 58 nitrogen and oxygen atoms in total. The Kier molecular flexibility index (Phi) is 63.8. The molecule has 0 spiro atoms. The number of carboxylic acids is 3. The molecule has 0 saturated heterocycles. The fraction of sp³-hybridized carbons (Fsp3) is 0.511. The van der Waals surface area contributed by atoms with Crippen molar-refractivity contribution in [2.24, 2.45) is 0 Å². The van der Waals surface area contributed by atoms with E-state index in [1.54, 1.807) is 35.7 Å². The van der Waals surface area contributed by atoms with Crippen LogP contribution in [0.5, 0.6) is 0 Å². The minimum Gasteiger partial charge on any atom is -1.00 e. The number of hydrogen-bond donors (Lipinski definition) is 22. The van der Waals surface area contributed by atoms with E-state index < -0.39 is 174 Å². The fourth-order valence-electron chi connectivity index (χ4n) is 7.58. The standard InChI is InChI=1S/C9H13N2O4.C8H17N2O11P3.C7H17N2O11P3.C7H12N2O9P2.C7H8N2O4.C6H12N2Si.C3H5ClO2.4ClH.Na.HO3P.2H2O/c1-14-8(12)5-10-3-4-11(7-10)6-9(13)15-2;1-7(11,22(13,14)15)4-9-2-3-10(6-9)5-8(12,23(16,17)18)24(19,20)21;10-6(21(12,13)14)3-8-1-2-9(5-8)4-7(11,22(15,16)17)23(18,19)20;10-6(11)3-8-1-2-9(5-8)4-7(12,19(13,14)15)20(16,17)18;10-6(11)3-8-1-2-9(5-8)4-7(12)13;1-9(2,3)8-5-4-7-6-8;1-6-3(5)2-4;;;;;;1-4(2)3;;/h3-4,7H,5-6H2,1-2H3;2-3,6,11-12H,4-5H2,1H3,(H5-,13,14,15,16,17,18,19,20,21);1-2,6,10-11H,3-5H2,(H2,12,13,14)(H2,15,16,17)(H2,18,19,20);1-2,5,12H,3-4H2,(H4-,10,11,13,14,15,16,17,18);1-2,5H,3-4H2,(H-,10,11,12,13);4-6H,1-3H3;2H2,1H3;4*1H;;(H,1,2,3);2*1H2/q+1;;;;;;;;;;;+1;;;/p-5. The maximum Gasteiger partial charge on any atom is 1.00 e. The van der Waals surface area contributed by atoms with Gasteiger partial charge < -0.3 is 231 Å². The van der Waals surface area contributed by atoms with Gasteiger partial charge in [0.1, 0.15) is 56.1 Å². The monoisotopic (exact) mass is 2060 g/mol. The number of quaternary nitrogens is 2. The number of carboxylic acid groups (broad SMARTS) is 3. The fourth-order valence-corrected chi connectivity index (χ4v) is 15.4. The molecule has 0 fully saturated rings. The molecule has 0 radical (unpaired) electrons. The van der Waals surface area contributed by atoms with Crippen molar-refractivity contribution < 1.29 is 331 Å². The van der Waals surface area contributed by atoms with E-state index in [9.17, 15) is 110 Å². The molecule has 121 heavy (non-hydrogen) atoms. The van der Waals surface area contributed by atoms with Crippen molar-refractivity contribution in [2.45, 2.75) is 79.2 Å². The second kappa shape index (κ2) is 57.1. The van der Waals surface area contributed by atoms with E-state index >= 15 is 0 Å². The molecule has 3 aromatic rings. The van der Waals surface area contributed by atoms with Gasteiger partial charge in [-0.25, -0.2) is 57.0 Å². The van der Waals surface area contributed by atoms with Crippen molar-refractivity contribution in [3.63, 3.8) is 0 Å². The number of aliphatic hydroxyl groups excluding tert-OH is 1. The number of hydrogen-bond acceptors (Lipinski definition) is 33. The average Bonchev–Trinajstić information content (AvgIpc) is 1.63. The minimum atomic E-state index is -6.18. The molecule has 3 aliphatic rings. The first kappa shape index (κ1) is 135. The van der Waals surface area contributed by atoms with Crippen LogP contribution in [0, 0.1) is 0 Å². The van der Waals surface area contributed by atoms with Crippen molar-refractivity contribution in [2.75, 3.05) is 73.1 Å². The number of aliphatic hydroxyl groups is 5. The Morgan fingerprint density at radius 1 is 0.587 bits per heavy atom. The number of nitrogens with one attached hydrogen (secondary N) is 2. The van der Waals surface area contributed by atoms with E-state index in [2.05, 4.69) is 43.1 Å². The first-order valence-electron chi connectivity index (χ1n) is 30.0. The Morgan fingerprint density at radius 3 is 1.27 bits per heavy atom. The van der Waals surface area contributed by atoms with Gasteiger partial charge in [-0.1, -0.05) is 24.2 Å². The molecule has 0 amide bonds. The van der Waals surface area contributed by atoms with E-state index in [1.165, 1.54) is 38.4 Å². The van der Waals surface area contributed by atoms with Crippen LogP contribution in [0.15, 0.2) is 93.4 Å². The van der Waals surface area contributed by atoms with E-state index in [-0.39, 0.29) is 134 Å². The van der Waals surface area contributed by atoms with Crippen molar-refractivity contribution in [1.82, 2.24) is 28.2 Å². The maximum absolute atomic E-state index is 11.3. The predicted molar refractivity (Wildman–Crippen MR) is 372 cm³/mol. The Balaban J connectivity index is -0.000000175. The third-order valence-electron chi connectivity index (χ3n) is 13.5. The second-order valence-corrected chi connectivity index (χ2v) is 45.2. The molecule has 25 N–H and O–H groups in total. The quantitative estimate of drug-likeness (QED) is 0.00736. The first-order valence-corrected chi connectivity index (χ1v) is 47.9. The summed E-state index contributed by atoms with van der Waals surface area (Å²) >= 11 is 4.98. The smallest absolute Gasteiger partial charge is 1.00 e. The van der Waals surface area contributed by atoms with Gasteiger partial charge >= 0.3 is 126 Å². The van der Waals surface area contributed by atoms with Crippen LogP contribution in [0.2, 0.25) is 19.6 Å². The van der Waals surface area contributed by atoms with Crippen molar-refractivity contribution in [3.05, 3.63) is 93.4 Å². The Bertz CT molecular complexity index is 4250. The van der Waals surface area contributed by atoms with Gasteiger partial charge in [-0.3, -0.25) is 27.6 Å². The molecule has 74 heteroatoms. The predicted octanol–water partition coefficient (Wildman–Crippen LogP) is -29.8. The molecule has 6 rings (SSSR count). The third-order valence-corrected chi connectivity index (χ3v) is 28.9.